The molecular formula is C12H9ClN2O3S. The Morgan fingerprint density at radius 2 is 2.16 bits per heavy atom. The second-order valence-corrected chi connectivity index (χ2v) is 5.38. The lowest BCUT2D eigenvalue weighted by atomic mass is 10.2. The number of anilines is 1. The number of rotatable bonds is 3. The number of thiophene rings is 1. The quantitative estimate of drug-likeness (QED) is 0.912. The van der Waals surface area contributed by atoms with Crippen molar-refractivity contribution in [1.82, 2.24) is 4.98 Å². The van der Waals surface area contributed by atoms with Gasteiger partial charge in [-0.15, -0.1) is 11.3 Å². The summed E-state index contributed by atoms with van der Waals surface area (Å²) in [6, 6.07) is 2.98. The third kappa shape index (κ3) is 2.91. The van der Waals surface area contributed by atoms with Crippen molar-refractivity contribution in [3.8, 4) is 0 Å². The molecule has 19 heavy (non-hydrogen) atoms. The summed E-state index contributed by atoms with van der Waals surface area (Å²) in [6.07, 6.45) is 2.80. The minimum absolute atomic E-state index is 0.0704. The molecule has 2 rings (SSSR count). The van der Waals surface area contributed by atoms with Gasteiger partial charge in [-0.3, -0.25) is 9.78 Å². The van der Waals surface area contributed by atoms with E-state index in [1.54, 1.807) is 6.92 Å². The molecule has 0 fully saturated rings. The highest BCUT2D eigenvalue weighted by atomic mass is 35.5. The van der Waals surface area contributed by atoms with E-state index in [4.69, 9.17) is 16.7 Å². The number of carbonyl (C=O) groups is 2. The molecule has 2 N–H and O–H groups in total. The highest BCUT2D eigenvalue weighted by Gasteiger charge is 2.17. The van der Waals surface area contributed by atoms with Gasteiger partial charge in [0.1, 0.15) is 5.00 Å². The van der Waals surface area contributed by atoms with Gasteiger partial charge < -0.3 is 10.4 Å². The lowest BCUT2D eigenvalue weighted by Crippen LogP contribution is -2.13. The molecule has 0 aliphatic rings. The first-order valence-electron chi connectivity index (χ1n) is 5.23. The van der Waals surface area contributed by atoms with Crippen molar-refractivity contribution in [3.63, 3.8) is 0 Å². The summed E-state index contributed by atoms with van der Waals surface area (Å²) in [7, 11) is 0. The highest BCUT2D eigenvalue weighted by molar-refractivity contribution is 7.16. The lowest BCUT2D eigenvalue weighted by molar-refractivity contribution is 0.0698. The van der Waals surface area contributed by atoms with E-state index in [9.17, 15) is 9.59 Å². The summed E-state index contributed by atoms with van der Waals surface area (Å²) >= 11 is 7.06. The van der Waals surface area contributed by atoms with Crippen molar-refractivity contribution in [3.05, 3.63) is 45.6 Å². The smallest absolute Gasteiger partial charge is 0.338 e. The third-order valence-electron chi connectivity index (χ3n) is 2.33. The van der Waals surface area contributed by atoms with Gasteiger partial charge in [-0.05, 0) is 19.1 Å². The molecule has 0 aromatic carbocycles. The van der Waals surface area contributed by atoms with Crippen molar-refractivity contribution in [2.24, 2.45) is 0 Å². The fraction of sp³-hybridized carbons (Fsp3) is 0.0833. The van der Waals surface area contributed by atoms with Crippen LogP contribution in [0, 0.1) is 6.92 Å². The fourth-order valence-electron chi connectivity index (χ4n) is 1.50. The third-order valence-corrected chi connectivity index (χ3v) is 3.60. The number of carboxylic acids is 1. The highest BCUT2D eigenvalue weighted by Crippen LogP contribution is 2.28. The van der Waals surface area contributed by atoms with E-state index < -0.39 is 11.9 Å². The van der Waals surface area contributed by atoms with E-state index in [-0.39, 0.29) is 16.1 Å². The number of hydrogen-bond acceptors (Lipinski definition) is 4. The van der Waals surface area contributed by atoms with Crippen molar-refractivity contribution in [2.45, 2.75) is 6.92 Å². The van der Waals surface area contributed by atoms with E-state index >= 15 is 0 Å². The monoisotopic (exact) mass is 296 g/mol. The Bertz CT molecular complexity index is 654. The van der Waals surface area contributed by atoms with Crippen molar-refractivity contribution >= 4 is 39.8 Å². The molecule has 0 aliphatic carbocycles. The van der Waals surface area contributed by atoms with Crippen LogP contribution < -0.4 is 5.32 Å². The molecule has 0 saturated heterocycles. The van der Waals surface area contributed by atoms with Gasteiger partial charge in [0.05, 0.1) is 16.1 Å². The van der Waals surface area contributed by atoms with Crippen LogP contribution in [0.2, 0.25) is 5.02 Å². The van der Waals surface area contributed by atoms with Crippen LogP contribution in [0.25, 0.3) is 0 Å². The van der Waals surface area contributed by atoms with Gasteiger partial charge >= 0.3 is 5.97 Å². The minimum Gasteiger partial charge on any atom is -0.478 e. The number of amides is 1. The Balaban J connectivity index is 2.29. The number of aromatic carboxylic acids is 1. The van der Waals surface area contributed by atoms with Crippen molar-refractivity contribution < 1.29 is 14.7 Å². The first-order chi connectivity index (χ1) is 8.99. The Morgan fingerprint density at radius 3 is 2.79 bits per heavy atom. The van der Waals surface area contributed by atoms with Gasteiger partial charge in [0, 0.05) is 17.3 Å². The zero-order chi connectivity index (χ0) is 14.0. The predicted octanol–water partition coefficient (Wildman–Crippen LogP) is 3.06. The van der Waals surface area contributed by atoms with Gasteiger partial charge in [0.25, 0.3) is 5.91 Å². The van der Waals surface area contributed by atoms with Crippen LogP contribution in [-0.2, 0) is 0 Å². The van der Waals surface area contributed by atoms with Crippen LogP contribution in [0.3, 0.4) is 0 Å². The molecule has 5 nitrogen and oxygen atoms in total. The lowest BCUT2D eigenvalue weighted by Gasteiger charge is -2.05. The number of aryl methyl sites for hydroxylation is 1. The van der Waals surface area contributed by atoms with E-state index in [0.29, 0.717) is 5.00 Å². The molecule has 0 bridgehead atoms. The summed E-state index contributed by atoms with van der Waals surface area (Å²) in [5.74, 6) is -1.54. The molecule has 2 heterocycles. The predicted molar refractivity (Wildman–Crippen MR) is 73.2 cm³/mol. The number of pyridine rings is 1. The normalized spacial score (nSPS) is 10.2. The zero-order valence-corrected chi connectivity index (χ0v) is 11.4. The maximum absolute atomic E-state index is 12.0. The molecule has 0 unspecified atom stereocenters. The van der Waals surface area contributed by atoms with Crippen molar-refractivity contribution in [2.75, 3.05) is 5.32 Å². The van der Waals surface area contributed by atoms with E-state index in [2.05, 4.69) is 10.3 Å². The molecule has 1 amide bonds. The van der Waals surface area contributed by atoms with Gasteiger partial charge in [0.15, 0.2) is 0 Å². The van der Waals surface area contributed by atoms with E-state index in [1.807, 2.05) is 0 Å². The maximum Gasteiger partial charge on any atom is 0.338 e. The Labute approximate surface area is 117 Å². The van der Waals surface area contributed by atoms with Crippen LogP contribution in [0.1, 0.15) is 25.6 Å². The van der Waals surface area contributed by atoms with Crippen LogP contribution in [0.4, 0.5) is 5.00 Å². The molecule has 2 aromatic heterocycles. The molecule has 98 valence electrons. The van der Waals surface area contributed by atoms with Gasteiger partial charge in [-0.25, -0.2) is 4.79 Å². The maximum atomic E-state index is 12.0. The Kier molecular flexibility index (Phi) is 3.82. The number of hydrogen-bond donors (Lipinski definition) is 2. The topological polar surface area (TPSA) is 79.3 Å². The first kappa shape index (κ1) is 13.5. The van der Waals surface area contributed by atoms with Gasteiger partial charge in [-0.1, -0.05) is 11.6 Å². The first-order valence-corrected chi connectivity index (χ1v) is 6.43. The number of aromatic nitrogens is 1. The largest absolute Gasteiger partial charge is 0.478 e. The minimum atomic E-state index is -1.08. The molecule has 7 heteroatoms. The molecule has 0 atom stereocenters. The van der Waals surface area contributed by atoms with Crippen molar-refractivity contribution in [1.29, 1.82) is 0 Å². The summed E-state index contributed by atoms with van der Waals surface area (Å²) in [5, 5.41) is 12.1. The number of carbonyl (C=O) groups excluding carboxylic acids is 1. The molecule has 0 radical (unpaired) electrons. The Hall–Kier alpha value is -1.92. The van der Waals surface area contributed by atoms with Crippen LogP contribution >= 0.6 is 22.9 Å². The van der Waals surface area contributed by atoms with Crippen LogP contribution in [-0.4, -0.2) is 22.0 Å². The number of carboxylic acid groups (broad SMARTS) is 1. The van der Waals surface area contributed by atoms with Crippen LogP contribution in [0.5, 0.6) is 0 Å². The molecule has 2 aromatic rings. The summed E-state index contributed by atoms with van der Waals surface area (Å²) in [5.41, 5.74) is 0.320. The second kappa shape index (κ2) is 5.38. The number of nitrogens with zero attached hydrogens (tertiary/aromatic N) is 1. The standard InChI is InChI=1S/C12H9ClN2O3S/c1-6-4-8(12(17)18)11(19-6)15-10(16)7-2-3-14-5-9(7)13/h2-5H,1H3,(H,15,16)(H,17,18). The number of halogens is 1. The van der Waals surface area contributed by atoms with Gasteiger partial charge in [-0.2, -0.15) is 0 Å². The van der Waals surface area contributed by atoms with Gasteiger partial charge in [0.2, 0.25) is 0 Å². The summed E-state index contributed by atoms with van der Waals surface area (Å²) in [6.45, 7) is 1.77. The van der Waals surface area contributed by atoms with E-state index in [1.165, 1.54) is 35.9 Å². The second-order valence-electron chi connectivity index (χ2n) is 3.71. The molecule has 0 saturated carbocycles. The summed E-state index contributed by atoms with van der Waals surface area (Å²) in [4.78, 5) is 27.6. The molecular weight excluding hydrogens is 288 g/mol. The average molecular weight is 297 g/mol. The Morgan fingerprint density at radius 1 is 1.42 bits per heavy atom. The average Bonchev–Trinajstić information content (AvgIpc) is 2.70. The van der Waals surface area contributed by atoms with Crippen LogP contribution in [0.15, 0.2) is 24.5 Å². The molecule has 0 aliphatic heterocycles. The number of nitrogens with one attached hydrogen (secondary N) is 1. The molecule has 0 spiro atoms. The fourth-order valence-corrected chi connectivity index (χ4v) is 2.60. The SMILES string of the molecule is Cc1cc(C(=O)O)c(NC(=O)c2ccncc2Cl)s1. The zero-order valence-electron chi connectivity index (χ0n) is 9.81. The van der Waals surface area contributed by atoms with E-state index in [0.717, 1.165) is 4.88 Å². The summed E-state index contributed by atoms with van der Waals surface area (Å²) < 4.78 is 0.